The Bertz CT molecular complexity index is 331. The highest BCUT2D eigenvalue weighted by molar-refractivity contribution is 6.20. The Balaban J connectivity index is 1.81. The van der Waals surface area contributed by atoms with Crippen molar-refractivity contribution in [2.45, 2.75) is 63.8 Å². The Labute approximate surface area is 109 Å². The Morgan fingerprint density at radius 3 is 2.94 bits per heavy atom. The van der Waals surface area contributed by atoms with Gasteiger partial charge in [-0.15, -0.1) is 11.6 Å². The van der Waals surface area contributed by atoms with E-state index in [2.05, 4.69) is 17.0 Å². The standard InChI is InChI=1S/C13H22ClN3/c1-2-9-17-13(15-10-16-17)8-7-12(14)11-5-3-4-6-11/h10-12H,2-9H2,1H3. The van der Waals surface area contributed by atoms with E-state index in [1.165, 1.54) is 25.7 Å². The van der Waals surface area contributed by atoms with Crippen LogP contribution in [0, 0.1) is 5.92 Å². The van der Waals surface area contributed by atoms with E-state index >= 15 is 0 Å². The lowest BCUT2D eigenvalue weighted by atomic mass is 10.00. The summed E-state index contributed by atoms with van der Waals surface area (Å²) in [7, 11) is 0. The maximum Gasteiger partial charge on any atom is 0.138 e. The SMILES string of the molecule is CCCn1ncnc1CCC(Cl)C1CCCC1. The van der Waals surface area contributed by atoms with Crippen molar-refractivity contribution in [3.63, 3.8) is 0 Å². The number of alkyl halides is 1. The molecule has 1 aliphatic carbocycles. The lowest BCUT2D eigenvalue weighted by Gasteiger charge is -2.16. The maximum atomic E-state index is 6.48. The highest BCUT2D eigenvalue weighted by Gasteiger charge is 2.23. The van der Waals surface area contributed by atoms with Gasteiger partial charge in [0.15, 0.2) is 0 Å². The molecule has 0 bridgehead atoms. The van der Waals surface area contributed by atoms with Gasteiger partial charge in [0, 0.05) is 18.3 Å². The third-order valence-electron chi connectivity index (χ3n) is 3.69. The average molecular weight is 256 g/mol. The van der Waals surface area contributed by atoms with Crippen LogP contribution in [-0.4, -0.2) is 20.1 Å². The first-order chi connectivity index (χ1) is 8.31. The van der Waals surface area contributed by atoms with E-state index in [9.17, 15) is 0 Å². The first kappa shape index (κ1) is 12.9. The summed E-state index contributed by atoms with van der Waals surface area (Å²) in [6, 6.07) is 0. The van der Waals surface area contributed by atoms with Gasteiger partial charge in [0.1, 0.15) is 12.2 Å². The summed E-state index contributed by atoms with van der Waals surface area (Å²) in [5, 5.41) is 4.57. The van der Waals surface area contributed by atoms with Crippen molar-refractivity contribution in [1.82, 2.24) is 14.8 Å². The summed E-state index contributed by atoms with van der Waals surface area (Å²) in [6.45, 7) is 3.13. The average Bonchev–Trinajstić information content (AvgIpc) is 2.97. The minimum Gasteiger partial charge on any atom is -0.250 e. The fourth-order valence-electron chi connectivity index (χ4n) is 2.70. The molecule has 1 aromatic heterocycles. The highest BCUT2D eigenvalue weighted by Crippen LogP contribution is 2.32. The summed E-state index contributed by atoms with van der Waals surface area (Å²) in [5.74, 6) is 1.83. The van der Waals surface area contributed by atoms with Crippen LogP contribution >= 0.6 is 11.6 Å². The molecule has 1 atom stereocenters. The summed E-state index contributed by atoms with van der Waals surface area (Å²) < 4.78 is 2.01. The van der Waals surface area contributed by atoms with Crippen molar-refractivity contribution < 1.29 is 0 Å². The smallest absolute Gasteiger partial charge is 0.138 e. The number of aryl methyl sites for hydroxylation is 2. The van der Waals surface area contributed by atoms with Crippen LogP contribution in [-0.2, 0) is 13.0 Å². The number of halogens is 1. The summed E-state index contributed by atoms with van der Waals surface area (Å²) in [5.41, 5.74) is 0. The van der Waals surface area contributed by atoms with Gasteiger partial charge in [0.05, 0.1) is 0 Å². The molecular formula is C13H22ClN3. The fraction of sp³-hybridized carbons (Fsp3) is 0.846. The molecule has 2 rings (SSSR count). The molecule has 0 amide bonds. The van der Waals surface area contributed by atoms with Crippen molar-refractivity contribution in [2.24, 2.45) is 5.92 Å². The largest absolute Gasteiger partial charge is 0.250 e. The first-order valence-corrected chi connectivity index (χ1v) is 7.25. The third-order valence-corrected chi connectivity index (χ3v) is 4.26. The van der Waals surface area contributed by atoms with Gasteiger partial charge in [-0.2, -0.15) is 5.10 Å². The Morgan fingerprint density at radius 1 is 1.47 bits per heavy atom. The molecule has 0 N–H and O–H groups in total. The van der Waals surface area contributed by atoms with Crippen molar-refractivity contribution in [2.75, 3.05) is 0 Å². The number of hydrogen-bond acceptors (Lipinski definition) is 2. The molecule has 1 fully saturated rings. The molecular weight excluding hydrogens is 234 g/mol. The third kappa shape index (κ3) is 3.44. The molecule has 4 heteroatoms. The molecule has 3 nitrogen and oxygen atoms in total. The number of rotatable bonds is 6. The quantitative estimate of drug-likeness (QED) is 0.730. The molecule has 96 valence electrons. The van der Waals surface area contributed by atoms with Gasteiger partial charge in [0.25, 0.3) is 0 Å². The van der Waals surface area contributed by atoms with Gasteiger partial charge in [-0.05, 0) is 31.6 Å². The molecule has 0 aliphatic heterocycles. The van der Waals surface area contributed by atoms with Crippen LogP contribution in [0.25, 0.3) is 0 Å². The van der Waals surface area contributed by atoms with Crippen LogP contribution in [0.2, 0.25) is 0 Å². The zero-order valence-corrected chi connectivity index (χ0v) is 11.4. The number of hydrogen-bond donors (Lipinski definition) is 0. The summed E-state index contributed by atoms with van der Waals surface area (Å²) in [6.07, 6.45) is 10.1. The van der Waals surface area contributed by atoms with Gasteiger partial charge >= 0.3 is 0 Å². The predicted octanol–water partition coefficient (Wildman–Crippen LogP) is 3.42. The molecule has 1 aromatic rings. The van der Waals surface area contributed by atoms with E-state index in [0.29, 0.717) is 5.38 Å². The zero-order chi connectivity index (χ0) is 12.1. The molecule has 1 unspecified atom stereocenters. The Kier molecular flexibility index (Phi) is 4.84. The molecule has 1 heterocycles. The molecule has 0 radical (unpaired) electrons. The van der Waals surface area contributed by atoms with Gasteiger partial charge in [-0.1, -0.05) is 19.8 Å². The molecule has 1 aliphatic rings. The zero-order valence-electron chi connectivity index (χ0n) is 10.6. The van der Waals surface area contributed by atoms with Gasteiger partial charge in [-0.3, -0.25) is 4.68 Å². The van der Waals surface area contributed by atoms with Crippen molar-refractivity contribution >= 4 is 11.6 Å². The van der Waals surface area contributed by atoms with Crippen molar-refractivity contribution in [3.05, 3.63) is 12.2 Å². The summed E-state index contributed by atoms with van der Waals surface area (Å²) >= 11 is 6.48. The van der Waals surface area contributed by atoms with Gasteiger partial charge < -0.3 is 0 Å². The van der Waals surface area contributed by atoms with Crippen LogP contribution in [0.4, 0.5) is 0 Å². The Hall–Kier alpha value is -0.570. The van der Waals surface area contributed by atoms with E-state index in [0.717, 1.165) is 37.5 Å². The van der Waals surface area contributed by atoms with Crippen LogP contribution in [0.3, 0.4) is 0 Å². The lowest BCUT2D eigenvalue weighted by molar-refractivity contribution is 0.479. The normalized spacial score (nSPS) is 18.7. The minimum atomic E-state index is 0.323. The van der Waals surface area contributed by atoms with Gasteiger partial charge in [-0.25, -0.2) is 4.98 Å². The minimum absolute atomic E-state index is 0.323. The topological polar surface area (TPSA) is 30.7 Å². The van der Waals surface area contributed by atoms with Crippen molar-refractivity contribution in [3.8, 4) is 0 Å². The van der Waals surface area contributed by atoms with Gasteiger partial charge in [0.2, 0.25) is 0 Å². The predicted molar refractivity (Wildman–Crippen MR) is 70.2 cm³/mol. The number of nitrogens with zero attached hydrogens (tertiary/aromatic N) is 3. The maximum absolute atomic E-state index is 6.48. The van der Waals surface area contributed by atoms with E-state index in [1.807, 2.05) is 4.68 Å². The van der Waals surface area contributed by atoms with E-state index in [-0.39, 0.29) is 0 Å². The second-order valence-electron chi connectivity index (χ2n) is 5.00. The van der Waals surface area contributed by atoms with Crippen LogP contribution in [0.1, 0.15) is 51.3 Å². The molecule has 0 saturated heterocycles. The Morgan fingerprint density at radius 2 is 2.24 bits per heavy atom. The van der Waals surface area contributed by atoms with Crippen LogP contribution in [0.15, 0.2) is 6.33 Å². The van der Waals surface area contributed by atoms with Crippen LogP contribution < -0.4 is 0 Å². The van der Waals surface area contributed by atoms with E-state index in [1.54, 1.807) is 6.33 Å². The second kappa shape index (κ2) is 6.39. The highest BCUT2D eigenvalue weighted by atomic mass is 35.5. The van der Waals surface area contributed by atoms with Crippen LogP contribution in [0.5, 0.6) is 0 Å². The summed E-state index contributed by atoms with van der Waals surface area (Å²) in [4.78, 5) is 4.33. The van der Waals surface area contributed by atoms with E-state index in [4.69, 9.17) is 11.6 Å². The molecule has 17 heavy (non-hydrogen) atoms. The second-order valence-corrected chi connectivity index (χ2v) is 5.56. The molecule has 1 saturated carbocycles. The van der Waals surface area contributed by atoms with E-state index < -0.39 is 0 Å². The molecule has 0 spiro atoms. The first-order valence-electron chi connectivity index (χ1n) is 6.82. The molecule has 0 aromatic carbocycles. The monoisotopic (exact) mass is 255 g/mol. The fourth-order valence-corrected chi connectivity index (χ4v) is 3.06. The number of aromatic nitrogens is 3. The van der Waals surface area contributed by atoms with Crippen molar-refractivity contribution in [1.29, 1.82) is 0 Å². The lowest BCUT2D eigenvalue weighted by Crippen LogP contribution is -2.14.